The molecule has 0 bridgehead atoms. The maximum atomic E-state index is 13.4. The highest BCUT2D eigenvalue weighted by Crippen LogP contribution is 2.26. The molecule has 0 N–H and O–H groups in total. The highest BCUT2D eigenvalue weighted by Gasteiger charge is 2.20. The fraction of sp³-hybridized carbons (Fsp3) is 0.412. The molecule has 1 atom stereocenters. The average Bonchev–Trinajstić information content (AvgIpc) is 2.66. The van der Waals surface area contributed by atoms with Gasteiger partial charge in [0.05, 0.1) is 5.69 Å². The summed E-state index contributed by atoms with van der Waals surface area (Å²) in [7, 11) is 0. The van der Waals surface area contributed by atoms with Gasteiger partial charge < -0.3 is 4.90 Å². The fourth-order valence-corrected chi connectivity index (χ4v) is 3.04. The summed E-state index contributed by atoms with van der Waals surface area (Å²) < 4.78 is 13.4. The average molecular weight is 285 g/mol. The summed E-state index contributed by atoms with van der Waals surface area (Å²) in [6, 6.07) is 5.21. The molecule has 3 rings (SSSR count). The van der Waals surface area contributed by atoms with Gasteiger partial charge in [0.25, 0.3) is 0 Å². The van der Waals surface area contributed by atoms with Crippen molar-refractivity contribution in [1.29, 1.82) is 0 Å². The molecule has 0 aliphatic carbocycles. The predicted octanol–water partition coefficient (Wildman–Crippen LogP) is 2.82. The third-order valence-corrected chi connectivity index (χ3v) is 4.17. The molecule has 0 amide bonds. The Balaban J connectivity index is 1.66. The van der Waals surface area contributed by atoms with Crippen LogP contribution in [0.15, 0.2) is 36.8 Å². The van der Waals surface area contributed by atoms with Gasteiger partial charge in [0.2, 0.25) is 0 Å². The maximum absolute atomic E-state index is 13.4. The van der Waals surface area contributed by atoms with Gasteiger partial charge in [0, 0.05) is 44.6 Å². The first-order chi connectivity index (χ1) is 10.2. The number of rotatable bonds is 3. The van der Waals surface area contributed by atoms with Gasteiger partial charge in [-0.15, -0.1) is 0 Å². The van der Waals surface area contributed by atoms with Gasteiger partial charge in [-0.05, 0) is 35.6 Å². The van der Waals surface area contributed by atoms with E-state index in [-0.39, 0.29) is 5.82 Å². The first-order valence-electron chi connectivity index (χ1n) is 7.48. The van der Waals surface area contributed by atoms with Gasteiger partial charge in [-0.2, -0.15) is 0 Å². The van der Waals surface area contributed by atoms with Gasteiger partial charge in [-0.25, -0.2) is 4.39 Å². The van der Waals surface area contributed by atoms with E-state index < -0.39 is 0 Å². The topological polar surface area (TPSA) is 29.0 Å². The molecular weight excluding hydrogens is 265 g/mol. The van der Waals surface area contributed by atoms with Crippen LogP contribution in [0.3, 0.4) is 0 Å². The van der Waals surface area contributed by atoms with Crippen molar-refractivity contribution in [1.82, 2.24) is 14.9 Å². The quantitative estimate of drug-likeness (QED) is 0.868. The molecule has 0 radical (unpaired) electrons. The number of aromatic nitrogens is 2. The normalized spacial score (nSPS) is 19.0. The van der Waals surface area contributed by atoms with E-state index in [1.165, 1.54) is 5.56 Å². The summed E-state index contributed by atoms with van der Waals surface area (Å²) >= 11 is 0. The number of halogens is 1. The summed E-state index contributed by atoms with van der Waals surface area (Å²) in [5.74, 6) is 0.230. The summed E-state index contributed by atoms with van der Waals surface area (Å²) in [6.07, 6.45) is 7.15. The van der Waals surface area contributed by atoms with Gasteiger partial charge >= 0.3 is 0 Å². The van der Waals surface area contributed by atoms with E-state index >= 15 is 0 Å². The van der Waals surface area contributed by atoms with Crippen molar-refractivity contribution < 1.29 is 4.39 Å². The monoisotopic (exact) mass is 285 g/mol. The summed E-state index contributed by atoms with van der Waals surface area (Å²) in [5.41, 5.74) is 3.47. The number of fused-ring (bicyclic) bond motifs is 1. The van der Waals surface area contributed by atoms with Crippen molar-refractivity contribution in [2.75, 3.05) is 19.6 Å². The first kappa shape index (κ1) is 14.1. The third-order valence-electron chi connectivity index (χ3n) is 4.17. The molecular formula is C17H20FN3. The molecule has 0 spiro atoms. The van der Waals surface area contributed by atoms with Crippen LogP contribution < -0.4 is 0 Å². The van der Waals surface area contributed by atoms with Crippen LogP contribution in [0.1, 0.15) is 29.7 Å². The molecule has 1 aliphatic heterocycles. The SMILES string of the molecule is CC1CN(CCc2cnccn2)CCc2ccc(F)cc21. The number of hydrogen-bond acceptors (Lipinski definition) is 3. The molecule has 4 heteroatoms. The molecule has 2 aromatic rings. The van der Waals surface area contributed by atoms with Crippen LogP contribution in [0.2, 0.25) is 0 Å². The minimum absolute atomic E-state index is 0.131. The fourth-order valence-electron chi connectivity index (χ4n) is 3.04. The Hall–Kier alpha value is -1.81. The Labute approximate surface area is 124 Å². The molecule has 110 valence electrons. The van der Waals surface area contributed by atoms with Crippen LogP contribution in [0.5, 0.6) is 0 Å². The molecule has 1 unspecified atom stereocenters. The van der Waals surface area contributed by atoms with E-state index in [1.807, 2.05) is 12.3 Å². The summed E-state index contributed by atoms with van der Waals surface area (Å²) in [4.78, 5) is 10.9. The molecule has 0 saturated heterocycles. The molecule has 0 fully saturated rings. The Kier molecular flexibility index (Phi) is 4.25. The Morgan fingerprint density at radius 2 is 2.24 bits per heavy atom. The van der Waals surface area contributed by atoms with E-state index in [1.54, 1.807) is 24.5 Å². The predicted molar refractivity (Wildman–Crippen MR) is 80.7 cm³/mol. The molecule has 21 heavy (non-hydrogen) atoms. The van der Waals surface area contributed by atoms with Crippen molar-refractivity contribution in [2.24, 2.45) is 0 Å². The molecule has 0 saturated carbocycles. The number of hydrogen-bond donors (Lipinski definition) is 0. The zero-order chi connectivity index (χ0) is 14.7. The van der Waals surface area contributed by atoms with Crippen LogP contribution in [-0.4, -0.2) is 34.5 Å². The van der Waals surface area contributed by atoms with Crippen molar-refractivity contribution in [2.45, 2.75) is 25.7 Å². The third kappa shape index (κ3) is 3.45. The van der Waals surface area contributed by atoms with Crippen molar-refractivity contribution in [3.05, 3.63) is 59.4 Å². The second-order valence-corrected chi connectivity index (χ2v) is 5.74. The largest absolute Gasteiger partial charge is 0.302 e. The second kappa shape index (κ2) is 6.31. The van der Waals surface area contributed by atoms with Crippen LogP contribution >= 0.6 is 0 Å². The molecule has 1 aromatic heterocycles. The first-order valence-corrected chi connectivity index (χ1v) is 7.48. The Morgan fingerprint density at radius 1 is 1.33 bits per heavy atom. The summed E-state index contributed by atoms with van der Waals surface area (Å²) in [6.45, 7) is 5.14. The van der Waals surface area contributed by atoms with Crippen molar-refractivity contribution in [3.63, 3.8) is 0 Å². The van der Waals surface area contributed by atoms with E-state index in [0.717, 1.165) is 43.7 Å². The van der Waals surface area contributed by atoms with Crippen LogP contribution in [-0.2, 0) is 12.8 Å². The van der Waals surface area contributed by atoms with Crippen molar-refractivity contribution >= 4 is 0 Å². The minimum Gasteiger partial charge on any atom is -0.302 e. The van der Waals surface area contributed by atoms with Gasteiger partial charge in [0.1, 0.15) is 5.82 Å². The van der Waals surface area contributed by atoms with E-state index in [9.17, 15) is 4.39 Å². The molecule has 1 aliphatic rings. The van der Waals surface area contributed by atoms with Crippen LogP contribution in [0, 0.1) is 5.82 Å². The summed E-state index contributed by atoms with van der Waals surface area (Å²) in [5, 5.41) is 0. The lowest BCUT2D eigenvalue weighted by molar-refractivity contribution is 0.274. The molecule has 2 heterocycles. The van der Waals surface area contributed by atoms with Crippen molar-refractivity contribution in [3.8, 4) is 0 Å². The second-order valence-electron chi connectivity index (χ2n) is 5.74. The van der Waals surface area contributed by atoms with E-state index in [0.29, 0.717) is 5.92 Å². The zero-order valence-corrected chi connectivity index (χ0v) is 12.3. The highest BCUT2D eigenvalue weighted by molar-refractivity contribution is 5.32. The maximum Gasteiger partial charge on any atom is 0.123 e. The van der Waals surface area contributed by atoms with Gasteiger partial charge in [0.15, 0.2) is 0 Å². The number of nitrogens with zero attached hydrogens (tertiary/aromatic N) is 3. The van der Waals surface area contributed by atoms with Crippen LogP contribution in [0.4, 0.5) is 4.39 Å². The van der Waals surface area contributed by atoms with E-state index in [2.05, 4.69) is 21.8 Å². The van der Waals surface area contributed by atoms with Crippen LogP contribution in [0.25, 0.3) is 0 Å². The lowest BCUT2D eigenvalue weighted by Gasteiger charge is -2.22. The Morgan fingerprint density at radius 3 is 3.05 bits per heavy atom. The van der Waals surface area contributed by atoms with E-state index in [4.69, 9.17) is 0 Å². The zero-order valence-electron chi connectivity index (χ0n) is 12.3. The molecule has 1 aromatic carbocycles. The lowest BCUT2D eigenvalue weighted by atomic mass is 9.95. The minimum atomic E-state index is -0.131. The standard InChI is InChI=1S/C17H20FN3/c1-13-12-21(9-5-16-11-19-6-7-20-16)8-4-14-2-3-15(18)10-17(13)14/h2-3,6-7,10-11,13H,4-5,8-9,12H2,1H3. The highest BCUT2D eigenvalue weighted by atomic mass is 19.1. The number of benzene rings is 1. The van der Waals surface area contributed by atoms with Gasteiger partial charge in [-0.3, -0.25) is 9.97 Å². The molecule has 3 nitrogen and oxygen atoms in total. The smallest absolute Gasteiger partial charge is 0.123 e. The lowest BCUT2D eigenvalue weighted by Crippen LogP contribution is -2.30. The Bertz CT molecular complexity index is 600. The van der Waals surface area contributed by atoms with Gasteiger partial charge in [-0.1, -0.05) is 13.0 Å².